The SMILES string of the molecule is NCC1CCCN1c1cn[nH]c1[N+](=O)[O-]. The topological polar surface area (TPSA) is 101 Å². The van der Waals surface area contributed by atoms with Crippen molar-refractivity contribution in [3.8, 4) is 0 Å². The number of rotatable bonds is 3. The van der Waals surface area contributed by atoms with Gasteiger partial charge in [-0.2, -0.15) is 0 Å². The van der Waals surface area contributed by atoms with E-state index in [-0.39, 0.29) is 11.9 Å². The Morgan fingerprint density at radius 1 is 1.80 bits per heavy atom. The van der Waals surface area contributed by atoms with Gasteiger partial charge in [-0.05, 0) is 17.8 Å². The van der Waals surface area contributed by atoms with Gasteiger partial charge < -0.3 is 20.7 Å². The van der Waals surface area contributed by atoms with Crippen LogP contribution < -0.4 is 10.6 Å². The van der Waals surface area contributed by atoms with E-state index in [2.05, 4.69) is 10.2 Å². The molecule has 0 saturated carbocycles. The molecule has 15 heavy (non-hydrogen) atoms. The summed E-state index contributed by atoms with van der Waals surface area (Å²) in [6.45, 7) is 1.32. The molecular formula is C8H13N5O2. The zero-order valence-electron chi connectivity index (χ0n) is 8.22. The fourth-order valence-electron chi connectivity index (χ4n) is 2.02. The predicted molar refractivity (Wildman–Crippen MR) is 54.7 cm³/mol. The highest BCUT2D eigenvalue weighted by Crippen LogP contribution is 2.30. The predicted octanol–water partition coefficient (Wildman–Crippen LogP) is 0.245. The third-order valence-electron chi connectivity index (χ3n) is 2.74. The van der Waals surface area contributed by atoms with Crippen LogP contribution in [-0.2, 0) is 0 Å². The second-order valence-corrected chi connectivity index (χ2v) is 3.59. The van der Waals surface area contributed by atoms with Crippen molar-refractivity contribution in [2.75, 3.05) is 18.0 Å². The highest BCUT2D eigenvalue weighted by Gasteiger charge is 2.29. The third kappa shape index (κ3) is 1.65. The van der Waals surface area contributed by atoms with E-state index in [4.69, 9.17) is 5.73 Å². The number of nitrogens with two attached hydrogens (primary N) is 1. The van der Waals surface area contributed by atoms with Crippen LogP contribution in [0.15, 0.2) is 6.20 Å². The van der Waals surface area contributed by atoms with Gasteiger partial charge in [0.05, 0.1) is 0 Å². The highest BCUT2D eigenvalue weighted by molar-refractivity contribution is 5.59. The largest absolute Gasteiger partial charge is 0.366 e. The fourth-order valence-corrected chi connectivity index (χ4v) is 2.02. The Bertz CT molecular complexity index is 364. The lowest BCUT2D eigenvalue weighted by atomic mass is 10.2. The molecule has 7 nitrogen and oxygen atoms in total. The molecule has 0 aliphatic carbocycles. The smallest absolute Gasteiger partial charge is 0.359 e. The van der Waals surface area contributed by atoms with Gasteiger partial charge in [0.2, 0.25) is 0 Å². The summed E-state index contributed by atoms with van der Waals surface area (Å²) in [4.78, 5) is 12.2. The Kier molecular flexibility index (Phi) is 2.55. The van der Waals surface area contributed by atoms with Crippen LogP contribution in [0.5, 0.6) is 0 Å². The second kappa shape index (κ2) is 3.85. The molecule has 82 valence electrons. The summed E-state index contributed by atoms with van der Waals surface area (Å²) < 4.78 is 0. The molecule has 2 rings (SSSR count). The molecule has 0 bridgehead atoms. The van der Waals surface area contributed by atoms with E-state index in [1.54, 1.807) is 0 Å². The van der Waals surface area contributed by atoms with Crippen molar-refractivity contribution in [1.82, 2.24) is 10.2 Å². The summed E-state index contributed by atoms with van der Waals surface area (Å²) in [6.07, 6.45) is 3.50. The van der Waals surface area contributed by atoms with Crippen LogP contribution in [0.25, 0.3) is 0 Å². The zero-order chi connectivity index (χ0) is 10.8. The molecule has 2 heterocycles. The number of aromatic amines is 1. The maximum atomic E-state index is 10.7. The molecule has 0 spiro atoms. The lowest BCUT2D eigenvalue weighted by molar-refractivity contribution is -0.388. The molecule has 1 atom stereocenters. The Hall–Kier alpha value is -1.63. The van der Waals surface area contributed by atoms with Gasteiger partial charge in [-0.25, -0.2) is 0 Å². The van der Waals surface area contributed by atoms with Gasteiger partial charge in [-0.1, -0.05) is 5.10 Å². The average Bonchev–Trinajstić information content (AvgIpc) is 2.85. The number of H-pyrrole nitrogens is 1. The van der Waals surface area contributed by atoms with Crippen LogP contribution in [-0.4, -0.2) is 34.3 Å². The lowest BCUT2D eigenvalue weighted by Crippen LogP contribution is -2.35. The van der Waals surface area contributed by atoms with E-state index in [1.165, 1.54) is 6.20 Å². The van der Waals surface area contributed by atoms with Crippen LogP contribution >= 0.6 is 0 Å². The van der Waals surface area contributed by atoms with Gasteiger partial charge in [0.1, 0.15) is 6.20 Å². The Balaban J connectivity index is 2.28. The number of hydrogen-bond donors (Lipinski definition) is 2. The third-order valence-corrected chi connectivity index (χ3v) is 2.74. The first-order valence-electron chi connectivity index (χ1n) is 4.88. The average molecular weight is 211 g/mol. The van der Waals surface area contributed by atoms with E-state index in [9.17, 15) is 10.1 Å². The van der Waals surface area contributed by atoms with Gasteiger partial charge in [0, 0.05) is 19.1 Å². The Labute approximate surface area is 86.4 Å². The molecule has 1 saturated heterocycles. The summed E-state index contributed by atoms with van der Waals surface area (Å²) in [5, 5.41) is 16.8. The number of anilines is 1. The van der Waals surface area contributed by atoms with Gasteiger partial charge >= 0.3 is 5.82 Å². The molecule has 0 aromatic carbocycles. The maximum Gasteiger partial charge on any atom is 0.366 e. The molecule has 1 aliphatic rings. The van der Waals surface area contributed by atoms with E-state index >= 15 is 0 Å². The lowest BCUT2D eigenvalue weighted by Gasteiger charge is -2.23. The Morgan fingerprint density at radius 2 is 2.60 bits per heavy atom. The minimum atomic E-state index is -0.450. The number of nitro groups is 1. The summed E-state index contributed by atoms with van der Waals surface area (Å²) in [5.74, 6) is -0.0460. The second-order valence-electron chi connectivity index (χ2n) is 3.59. The van der Waals surface area contributed by atoms with Crippen molar-refractivity contribution in [2.24, 2.45) is 5.73 Å². The van der Waals surface area contributed by atoms with Crippen LogP contribution in [0.4, 0.5) is 11.5 Å². The normalized spacial score (nSPS) is 20.9. The zero-order valence-corrected chi connectivity index (χ0v) is 8.22. The van der Waals surface area contributed by atoms with Crippen LogP contribution in [0.1, 0.15) is 12.8 Å². The highest BCUT2D eigenvalue weighted by atomic mass is 16.6. The monoisotopic (exact) mass is 211 g/mol. The quantitative estimate of drug-likeness (QED) is 0.551. The number of aromatic nitrogens is 2. The molecule has 1 unspecified atom stereocenters. The van der Waals surface area contributed by atoms with E-state index in [0.717, 1.165) is 19.4 Å². The van der Waals surface area contributed by atoms with Gasteiger partial charge in [-0.15, -0.1) is 5.10 Å². The molecule has 0 radical (unpaired) electrons. The number of nitrogens with one attached hydrogen (secondary N) is 1. The van der Waals surface area contributed by atoms with Crippen molar-refractivity contribution >= 4 is 11.5 Å². The summed E-state index contributed by atoms with van der Waals surface area (Å²) in [5.41, 5.74) is 6.16. The minimum absolute atomic E-state index is 0.0460. The molecule has 0 amide bonds. The van der Waals surface area contributed by atoms with Crippen molar-refractivity contribution in [1.29, 1.82) is 0 Å². The van der Waals surface area contributed by atoms with Gasteiger partial charge in [0.15, 0.2) is 5.69 Å². The first-order valence-corrected chi connectivity index (χ1v) is 4.88. The van der Waals surface area contributed by atoms with E-state index in [0.29, 0.717) is 12.2 Å². The Morgan fingerprint density at radius 3 is 3.27 bits per heavy atom. The van der Waals surface area contributed by atoms with E-state index < -0.39 is 4.92 Å². The molecule has 1 fully saturated rings. The van der Waals surface area contributed by atoms with Crippen LogP contribution in [0.2, 0.25) is 0 Å². The number of nitrogens with zero attached hydrogens (tertiary/aromatic N) is 3. The molecular weight excluding hydrogens is 198 g/mol. The fraction of sp³-hybridized carbons (Fsp3) is 0.625. The molecule has 3 N–H and O–H groups in total. The summed E-state index contributed by atoms with van der Waals surface area (Å²) >= 11 is 0. The summed E-state index contributed by atoms with van der Waals surface area (Å²) in [7, 11) is 0. The minimum Gasteiger partial charge on any atom is -0.359 e. The van der Waals surface area contributed by atoms with Crippen molar-refractivity contribution in [3.05, 3.63) is 16.3 Å². The van der Waals surface area contributed by atoms with Gasteiger partial charge in [0.25, 0.3) is 0 Å². The molecule has 1 aliphatic heterocycles. The van der Waals surface area contributed by atoms with Crippen molar-refractivity contribution in [3.63, 3.8) is 0 Å². The van der Waals surface area contributed by atoms with E-state index in [1.807, 2.05) is 4.90 Å². The first-order chi connectivity index (χ1) is 7.24. The molecule has 1 aromatic heterocycles. The van der Waals surface area contributed by atoms with Gasteiger partial charge in [-0.3, -0.25) is 0 Å². The molecule has 1 aromatic rings. The standard InChI is InChI=1S/C8H13N5O2/c9-4-6-2-1-3-12(6)7-5-10-11-8(7)13(14)15/h5-6H,1-4,9H2,(H,10,11). The van der Waals surface area contributed by atoms with Crippen molar-refractivity contribution in [2.45, 2.75) is 18.9 Å². The van der Waals surface area contributed by atoms with Crippen molar-refractivity contribution < 1.29 is 4.92 Å². The van der Waals surface area contributed by atoms with Crippen LogP contribution in [0, 0.1) is 10.1 Å². The first kappa shape index (κ1) is 9.91. The number of hydrogen-bond acceptors (Lipinski definition) is 5. The molecule has 7 heteroatoms. The maximum absolute atomic E-state index is 10.7. The van der Waals surface area contributed by atoms with Crippen LogP contribution in [0.3, 0.4) is 0 Å². The summed E-state index contributed by atoms with van der Waals surface area (Å²) in [6, 6.07) is 0.196.